The molecular formula is C11H13BrN2O2S. The van der Waals surface area contributed by atoms with Gasteiger partial charge in [-0.1, -0.05) is 22.0 Å². The van der Waals surface area contributed by atoms with Crippen LogP contribution >= 0.6 is 15.9 Å². The lowest BCUT2D eigenvalue weighted by Crippen LogP contribution is -2.25. The van der Waals surface area contributed by atoms with Gasteiger partial charge in [0.15, 0.2) is 0 Å². The normalized spacial score (nSPS) is 11.1. The van der Waals surface area contributed by atoms with Crippen LogP contribution in [-0.2, 0) is 10.0 Å². The molecule has 0 heterocycles. The lowest BCUT2D eigenvalue weighted by atomic mass is 10.2. The summed E-state index contributed by atoms with van der Waals surface area (Å²) in [5.41, 5.74) is 0.695. The number of aryl methyl sites for hydroxylation is 1. The molecule has 0 aliphatic carbocycles. The second-order valence-electron chi connectivity index (χ2n) is 3.57. The highest BCUT2D eigenvalue weighted by atomic mass is 79.9. The first-order chi connectivity index (χ1) is 7.97. The maximum atomic E-state index is 12.0. The second-order valence-corrected chi connectivity index (χ2v) is 6.22. The number of unbranched alkanes of at least 4 members (excludes halogenated alkanes) is 1. The van der Waals surface area contributed by atoms with Gasteiger partial charge in [-0.3, -0.25) is 0 Å². The second kappa shape index (κ2) is 6.15. The van der Waals surface area contributed by atoms with E-state index >= 15 is 0 Å². The summed E-state index contributed by atoms with van der Waals surface area (Å²) in [6, 6.07) is 7.08. The Hall–Kier alpha value is -0.900. The first-order valence-corrected chi connectivity index (χ1v) is 7.38. The molecule has 0 radical (unpaired) electrons. The minimum absolute atomic E-state index is 0.267. The van der Waals surface area contributed by atoms with E-state index in [-0.39, 0.29) is 11.4 Å². The van der Waals surface area contributed by atoms with Crippen LogP contribution in [0.1, 0.15) is 18.4 Å². The molecular weight excluding hydrogens is 304 g/mol. The van der Waals surface area contributed by atoms with E-state index in [4.69, 9.17) is 5.26 Å². The van der Waals surface area contributed by atoms with E-state index in [1.54, 1.807) is 25.1 Å². The van der Waals surface area contributed by atoms with Gasteiger partial charge < -0.3 is 0 Å². The Balaban J connectivity index is 2.83. The fourth-order valence-corrected chi connectivity index (χ4v) is 3.17. The summed E-state index contributed by atoms with van der Waals surface area (Å²) in [4.78, 5) is 0.267. The zero-order valence-corrected chi connectivity index (χ0v) is 11.8. The van der Waals surface area contributed by atoms with Crippen LogP contribution in [0.2, 0.25) is 0 Å². The number of nitriles is 1. The Morgan fingerprint density at radius 3 is 2.82 bits per heavy atom. The molecule has 4 nitrogen and oxygen atoms in total. The number of rotatable bonds is 5. The van der Waals surface area contributed by atoms with Crippen LogP contribution in [0.15, 0.2) is 27.6 Å². The van der Waals surface area contributed by atoms with Gasteiger partial charge >= 0.3 is 0 Å². The van der Waals surface area contributed by atoms with Gasteiger partial charge in [-0.15, -0.1) is 0 Å². The maximum Gasteiger partial charge on any atom is 0.240 e. The van der Waals surface area contributed by atoms with Gasteiger partial charge in [-0.2, -0.15) is 5.26 Å². The van der Waals surface area contributed by atoms with E-state index in [2.05, 4.69) is 20.7 Å². The largest absolute Gasteiger partial charge is 0.240 e. The highest BCUT2D eigenvalue weighted by molar-refractivity contribution is 9.10. The third-order valence-corrected chi connectivity index (χ3v) is 4.29. The van der Waals surface area contributed by atoms with Gasteiger partial charge in [0.2, 0.25) is 10.0 Å². The third kappa shape index (κ3) is 4.11. The molecule has 92 valence electrons. The molecule has 0 aliphatic heterocycles. The summed E-state index contributed by atoms with van der Waals surface area (Å²) >= 11 is 3.25. The molecule has 0 saturated heterocycles. The molecule has 1 rings (SSSR count). The fraction of sp³-hybridized carbons (Fsp3) is 0.364. The predicted molar refractivity (Wildman–Crippen MR) is 68.9 cm³/mol. The van der Waals surface area contributed by atoms with Crippen LogP contribution in [-0.4, -0.2) is 15.0 Å². The summed E-state index contributed by atoms with van der Waals surface area (Å²) in [6.45, 7) is 2.03. The Kier molecular flexibility index (Phi) is 5.12. The SMILES string of the molecule is Cc1ccc(Br)cc1S(=O)(=O)NCCCC#N. The Labute approximate surface area is 110 Å². The number of hydrogen-bond donors (Lipinski definition) is 1. The van der Waals surface area contributed by atoms with Crippen molar-refractivity contribution in [3.63, 3.8) is 0 Å². The zero-order valence-electron chi connectivity index (χ0n) is 9.40. The van der Waals surface area contributed by atoms with Crippen molar-refractivity contribution in [2.24, 2.45) is 0 Å². The molecule has 17 heavy (non-hydrogen) atoms. The molecule has 1 N–H and O–H groups in total. The number of benzene rings is 1. The highest BCUT2D eigenvalue weighted by Gasteiger charge is 2.16. The fourth-order valence-electron chi connectivity index (χ4n) is 1.32. The molecule has 0 saturated carbocycles. The van der Waals surface area contributed by atoms with Crippen molar-refractivity contribution in [2.75, 3.05) is 6.54 Å². The van der Waals surface area contributed by atoms with E-state index in [1.807, 2.05) is 6.07 Å². The molecule has 6 heteroatoms. The smallest absolute Gasteiger partial charge is 0.211 e. The Morgan fingerprint density at radius 1 is 1.47 bits per heavy atom. The van der Waals surface area contributed by atoms with E-state index in [0.717, 1.165) is 4.47 Å². The van der Waals surface area contributed by atoms with Crippen LogP contribution in [0.3, 0.4) is 0 Å². The zero-order chi connectivity index (χ0) is 12.9. The monoisotopic (exact) mass is 316 g/mol. The summed E-state index contributed by atoms with van der Waals surface area (Å²) in [5, 5.41) is 8.36. The Morgan fingerprint density at radius 2 is 2.18 bits per heavy atom. The number of nitrogens with one attached hydrogen (secondary N) is 1. The maximum absolute atomic E-state index is 12.0. The molecule has 1 aromatic rings. The minimum atomic E-state index is -3.48. The molecule has 0 aromatic heterocycles. The van der Waals surface area contributed by atoms with Gasteiger partial charge in [0, 0.05) is 17.4 Å². The number of halogens is 1. The van der Waals surface area contributed by atoms with Crippen LogP contribution in [0.5, 0.6) is 0 Å². The van der Waals surface area contributed by atoms with Crippen molar-refractivity contribution in [1.82, 2.24) is 4.72 Å². The van der Waals surface area contributed by atoms with Gasteiger partial charge in [0.1, 0.15) is 0 Å². The molecule has 0 atom stereocenters. The lowest BCUT2D eigenvalue weighted by molar-refractivity contribution is 0.579. The first-order valence-electron chi connectivity index (χ1n) is 5.10. The first kappa shape index (κ1) is 14.2. The molecule has 0 fully saturated rings. The van der Waals surface area contributed by atoms with Gasteiger partial charge in [0.05, 0.1) is 11.0 Å². The van der Waals surface area contributed by atoms with Crippen molar-refractivity contribution in [3.05, 3.63) is 28.2 Å². The topological polar surface area (TPSA) is 70.0 Å². The van der Waals surface area contributed by atoms with E-state index in [9.17, 15) is 8.42 Å². The van der Waals surface area contributed by atoms with Crippen molar-refractivity contribution < 1.29 is 8.42 Å². The molecule has 0 unspecified atom stereocenters. The predicted octanol–water partition coefficient (Wildman–Crippen LogP) is 2.34. The summed E-state index contributed by atoms with van der Waals surface area (Å²) in [7, 11) is -3.48. The Bertz CT molecular complexity index is 535. The lowest BCUT2D eigenvalue weighted by Gasteiger charge is -2.09. The summed E-state index contributed by atoms with van der Waals surface area (Å²) < 4.78 is 27.1. The van der Waals surface area contributed by atoms with Crippen molar-refractivity contribution >= 4 is 26.0 Å². The number of hydrogen-bond acceptors (Lipinski definition) is 3. The van der Waals surface area contributed by atoms with Crippen LogP contribution in [0.25, 0.3) is 0 Å². The van der Waals surface area contributed by atoms with E-state index < -0.39 is 10.0 Å². The summed E-state index contributed by atoms with van der Waals surface area (Å²) in [6.07, 6.45) is 0.864. The van der Waals surface area contributed by atoms with Crippen molar-refractivity contribution in [1.29, 1.82) is 5.26 Å². The average Bonchev–Trinajstić information content (AvgIpc) is 2.28. The third-order valence-electron chi connectivity index (χ3n) is 2.20. The summed E-state index contributed by atoms with van der Waals surface area (Å²) in [5.74, 6) is 0. The average molecular weight is 317 g/mol. The van der Waals surface area contributed by atoms with E-state index in [0.29, 0.717) is 18.4 Å². The molecule has 0 bridgehead atoms. The van der Waals surface area contributed by atoms with Gasteiger partial charge in [-0.05, 0) is 31.0 Å². The van der Waals surface area contributed by atoms with Crippen LogP contribution in [0, 0.1) is 18.3 Å². The quantitative estimate of drug-likeness (QED) is 0.848. The van der Waals surface area contributed by atoms with Gasteiger partial charge in [0.25, 0.3) is 0 Å². The highest BCUT2D eigenvalue weighted by Crippen LogP contribution is 2.20. The van der Waals surface area contributed by atoms with Crippen LogP contribution < -0.4 is 4.72 Å². The minimum Gasteiger partial charge on any atom is -0.211 e. The number of nitrogens with zero attached hydrogens (tertiary/aromatic N) is 1. The van der Waals surface area contributed by atoms with Crippen molar-refractivity contribution in [3.8, 4) is 6.07 Å². The molecule has 0 spiro atoms. The molecule has 1 aromatic carbocycles. The van der Waals surface area contributed by atoms with Crippen molar-refractivity contribution in [2.45, 2.75) is 24.7 Å². The number of sulfonamides is 1. The van der Waals surface area contributed by atoms with Gasteiger partial charge in [-0.25, -0.2) is 13.1 Å². The van der Waals surface area contributed by atoms with E-state index in [1.165, 1.54) is 0 Å². The van der Waals surface area contributed by atoms with Crippen LogP contribution in [0.4, 0.5) is 0 Å². The molecule has 0 amide bonds. The standard InChI is InChI=1S/C11H13BrN2O2S/c1-9-4-5-10(12)8-11(9)17(15,16)14-7-3-2-6-13/h4-5,8,14H,2-3,7H2,1H3. The molecule has 0 aliphatic rings.